The van der Waals surface area contributed by atoms with E-state index >= 15 is 0 Å². The molecule has 0 unspecified atom stereocenters. The molecule has 188 valence electrons. The molecule has 2 aliphatic heterocycles. The highest BCUT2D eigenvalue weighted by Crippen LogP contribution is 2.36. The second kappa shape index (κ2) is 11.0. The van der Waals surface area contributed by atoms with Gasteiger partial charge in [0.1, 0.15) is 12.4 Å². The van der Waals surface area contributed by atoms with E-state index in [4.69, 9.17) is 19.1 Å². The number of likely N-dealkylation sites (tertiary alicyclic amines) is 1. The zero-order valence-corrected chi connectivity index (χ0v) is 18.8. The number of alkyl halides is 3. The highest BCUT2D eigenvalue weighted by Gasteiger charge is 2.39. The van der Waals surface area contributed by atoms with Gasteiger partial charge in [0.2, 0.25) is 5.82 Å². The standard InChI is InChI=1S/C19H27N5O3.C2HF3O2/c1-2-7-20-18(25)17-22-21-16-12-26-14-19(13-24(16)17)5-8-23(9-6-19)11-15-4-3-10-27-15;3-2(4,5)1(6)7/h3-4,10H,2,5-9,11-14H2,1H3,(H,20,25);(H,6,7). The quantitative estimate of drug-likeness (QED) is 0.660. The number of furan rings is 1. The average Bonchev–Trinajstić information content (AvgIpc) is 3.40. The maximum absolute atomic E-state index is 12.5. The Morgan fingerprint density at radius 1 is 1.26 bits per heavy atom. The number of fused-ring (bicyclic) bond motifs is 1. The number of piperidine rings is 1. The minimum Gasteiger partial charge on any atom is -0.475 e. The second-order valence-corrected chi connectivity index (χ2v) is 8.43. The molecule has 2 N–H and O–H groups in total. The van der Waals surface area contributed by atoms with Gasteiger partial charge in [0.15, 0.2) is 5.82 Å². The fourth-order valence-electron chi connectivity index (χ4n) is 3.94. The van der Waals surface area contributed by atoms with Crippen LogP contribution in [0.2, 0.25) is 0 Å². The van der Waals surface area contributed by atoms with Crippen molar-refractivity contribution in [2.24, 2.45) is 5.41 Å². The first kappa shape index (κ1) is 25.7. The van der Waals surface area contributed by atoms with Crippen molar-refractivity contribution in [2.45, 2.75) is 52.1 Å². The molecule has 0 aliphatic carbocycles. The molecule has 2 aromatic rings. The van der Waals surface area contributed by atoms with Crippen LogP contribution in [0.4, 0.5) is 13.2 Å². The largest absolute Gasteiger partial charge is 0.490 e. The molecular formula is C21H28F3N5O5. The third-order valence-electron chi connectivity index (χ3n) is 5.82. The highest BCUT2D eigenvalue weighted by atomic mass is 19.4. The first-order valence-corrected chi connectivity index (χ1v) is 11.0. The average molecular weight is 487 g/mol. The van der Waals surface area contributed by atoms with E-state index in [1.807, 2.05) is 23.6 Å². The third-order valence-corrected chi connectivity index (χ3v) is 5.82. The fraction of sp³-hybridized carbons (Fsp3) is 0.619. The van der Waals surface area contributed by atoms with Crippen molar-refractivity contribution in [1.29, 1.82) is 0 Å². The van der Waals surface area contributed by atoms with Gasteiger partial charge in [-0.2, -0.15) is 13.2 Å². The van der Waals surface area contributed by atoms with Crippen LogP contribution in [0.15, 0.2) is 22.8 Å². The molecule has 13 heteroatoms. The number of aliphatic carboxylic acids is 1. The molecule has 1 amide bonds. The number of nitrogens with one attached hydrogen (secondary N) is 1. The maximum atomic E-state index is 12.5. The zero-order chi connectivity index (χ0) is 24.8. The topological polar surface area (TPSA) is 123 Å². The lowest BCUT2D eigenvalue weighted by atomic mass is 9.79. The molecule has 0 radical (unpaired) electrons. The number of ether oxygens (including phenoxy) is 1. The summed E-state index contributed by atoms with van der Waals surface area (Å²) in [5.74, 6) is -0.762. The van der Waals surface area contributed by atoms with Gasteiger partial charge < -0.3 is 24.1 Å². The van der Waals surface area contributed by atoms with Gasteiger partial charge in [-0.3, -0.25) is 9.69 Å². The van der Waals surface area contributed by atoms with Crippen molar-refractivity contribution in [2.75, 3.05) is 26.2 Å². The first-order chi connectivity index (χ1) is 16.1. The first-order valence-electron chi connectivity index (χ1n) is 11.0. The summed E-state index contributed by atoms with van der Waals surface area (Å²) in [6.07, 6.45) is -0.438. The van der Waals surface area contributed by atoms with Gasteiger partial charge in [-0.05, 0) is 44.5 Å². The Morgan fingerprint density at radius 2 is 1.97 bits per heavy atom. The number of hydrogen-bond acceptors (Lipinski definition) is 7. The molecule has 4 heterocycles. The minimum atomic E-state index is -5.08. The molecule has 1 saturated heterocycles. The summed E-state index contributed by atoms with van der Waals surface area (Å²) in [7, 11) is 0. The number of carboxylic acid groups (broad SMARTS) is 1. The van der Waals surface area contributed by atoms with Gasteiger partial charge in [-0.15, -0.1) is 10.2 Å². The van der Waals surface area contributed by atoms with Gasteiger partial charge >= 0.3 is 12.1 Å². The predicted molar refractivity (Wildman–Crippen MR) is 112 cm³/mol. The summed E-state index contributed by atoms with van der Waals surface area (Å²) in [6, 6.07) is 3.95. The van der Waals surface area contributed by atoms with E-state index in [0.717, 1.165) is 57.0 Å². The summed E-state index contributed by atoms with van der Waals surface area (Å²) in [5.41, 5.74) is 0.0209. The van der Waals surface area contributed by atoms with Crippen molar-refractivity contribution >= 4 is 11.9 Å². The molecule has 10 nitrogen and oxygen atoms in total. The number of carbonyl (C=O) groups excluding carboxylic acids is 1. The van der Waals surface area contributed by atoms with Crippen molar-refractivity contribution in [1.82, 2.24) is 25.0 Å². The summed E-state index contributed by atoms with van der Waals surface area (Å²) >= 11 is 0. The number of halogens is 3. The maximum Gasteiger partial charge on any atom is 0.490 e. The number of aromatic nitrogens is 3. The Morgan fingerprint density at radius 3 is 2.56 bits per heavy atom. The van der Waals surface area contributed by atoms with Gasteiger partial charge in [0.25, 0.3) is 5.91 Å². The van der Waals surface area contributed by atoms with Crippen LogP contribution in [0.25, 0.3) is 0 Å². The molecule has 4 rings (SSSR count). The van der Waals surface area contributed by atoms with Crippen molar-refractivity contribution < 1.29 is 37.0 Å². The Balaban J connectivity index is 0.000000406. The fourth-order valence-corrected chi connectivity index (χ4v) is 3.94. The van der Waals surface area contributed by atoms with E-state index < -0.39 is 12.1 Å². The SMILES string of the molecule is CCCNC(=O)c1nnc2n1CC1(CCN(Cc3ccco3)CC1)COC2.O=C(O)C(F)(F)F. The number of carbonyl (C=O) groups is 2. The van der Waals surface area contributed by atoms with Crippen LogP contribution in [-0.2, 0) is 29.2 Å². The van der Waals surface area contributed by atoms with Gasteiger partial charge in [0, 0.05) is 18.5 Å². The number of hydrogen-bond donors (Lipinski definition) is 2. The molecule has 1 fully saturated rings. The lowest BCUT2D eigenvalue weighted by Gasteiger charge is -2.40. The van der Waals surface area contributed by atoms with E-state index in [1.54, 1.807) is 6.26 Å². The highest BCUT2D eigenvalue weighted by molar-refractivity contribution is 5.90. The Bertz CT molecular complexity index is 953. The van der Waals surface area contributed by atoms with Crippen molar-refractivity contribution in [3.63, 3.8) is 0 Å². The smallest absolute Gasteiger partial charge is 0.475 e. The Hall–Kier alpha value is -2.93. The molecule has 0 aromatic carbocycles. The van der Waals surface area contributed by atoms with Gasteiger partial charge in [-0.25, -0.2) is 4.79 Å². The van der Waals surface area contributed by atoms with Crippen LogP contribution >= 0.6 is 0 Å². The van der Waals surface area contributed by atoms with Crippen LogP contribution in [0.5, 0.6) is 0 Å². The number of carboxylic acids is 1. The summed E-state index contributed by atoms with van der Waals surface area (Å²) < 4.78 is 45.1. The monoisotopic (exact) mass is 487 g/mol. The van der Waals surface area contributed by atoms with Crippen molar-refractivity contribution in [3.05, 3.63) is 35.8 Å². The Labute approximate surface area is 194 Å². The van der Waals surface area contributed by atoms with E-state index in [-0.39, 0.29) is 11.3 Å². The Kier molecular flexibility index (Phi) is 8.31. The molecule has 1 spiro atoms. The van der Waals surface area contributed by atoms with E-state index in [1.165, 1.54) is 0 Å². The number of nitrogens with zero attached hydrogens (tertiary/aromatic N) is 4. The van der Waals surface area contributed by atoms with Gasteiger partial charge in [0.05, 0.1) is 19.4 Å². The summed E-state index contributed by atoms with van der Waals surface area (Å²) in [4.78, 5) is 23.8. The summed E-state index contributed by atoms with van der Waals surface area (Å²) in [5, 5.41) is 18.4. The van der Waals surface area contributed by atoms with E-state index in [9.17, 15) is 18.0 Å². The molecule has 0 bridgehead atoms. The van der Waals surface area contributed by atoms with E-state index in [2.05, 4.69) is 20.4 Å². The molecule has 0 atom stereocenters. The van der Waals surface area contributed by atoms with Crippen LogP contribution in [0.3, 0.4) is 0 Å². The lowest BCUT2D eigenvalue weighted by molar-refractivity contribution is -0.192. The second-order valence-electron chi connectivity index (χ2n) is 8.43. The van der Waals surface area contributed by atoms with Crippen LogP contribution in [0, 0.1) is 5.41 Å². The third kappa shape index (κ3) is 6.56. The van der Waals surface area contributed by atoms with Gasteiger partial charge in [-0.1, -0.05) is 6.92 Å². The predicted octanol–water partition coefficient (Wildman–Crippen LogP) is 2.46. The number of amides is 1. The minimum absolute atomic E-state index is 0.0209. The normalized spacial score (nSPS) is 17.9. The number of rotatable bonds is 5. The molecule has 0 saturated carbocycles. The molecular weight excluding hydrogens is 459 g/mol. The van der Waals surface area contributed by atoms with E-state index in [0.29, 0.717) is 25.6 Å². The molecule has 34 heavy (non-hydrogen) atoms. The van der Waals surface area contributed by atoms with Crippen LogP contribution in [0.1, 0.15) is 48.4 Å². The van der Waals surface area contributed by atoms with Crippen LogP contribution < -0.4 is 5.32 Å². The lowest BCUT2D eigenvalue weighted by Crippen LogP contribution is -2.44. The molecule has 2 aromatic heterocycles. The molecule has 2 aliphatic rings. The zero-order valence-electron chi connectivity index (χ0n) is 18.8. The van der Waals surface area contributed by atoms with Crippen molar-refractivity contribution in [3.8, 4) is 0 Å². The van der Waals surface area contributed by atoms with Crippen LogP contribution in [-0.4, -0.2) is 69.1 Å². The summed E-state index contributed by atoms with van der Waals surface area (Å²) in [6.45, 7) is 7.32.